The smallest absolute Gasteiger partial charge is 0.259 e. The number of rotatable bonds is 3. The van der Waals surface area contributed by atoms with E-state index in [2.05, 4.69) is 0 Å². The Hall–Kier alpha value is -2.28. The van der Waals surface area contributed by atoms with Crippen molar-refractivity contribution >= 4 is 12.0 Å². The number of amides is 1. The van der Waals surface area contributed by atoms with Crippen molar-refractivity contribution in [1.82, 2.24) is 0 Å². The molecule has 1 amide bonds. The van der Waals surface area contributed by atoms with Crippen molar-refractivity contribution in [1.29, 1.82) is 5.26 Å². The van der Waals surface area contributed by atoms with Gasteiger partial charge in [-0.05, 0) is 24.3 Å². The van der Waals surface area contributed by atoms with Crippen molar-refractivity contribution in [3.8, 4) is 6.07 Å². The van der Waals surface area contributed by atoms with Crippen molar-refractivity contribution in [3.05, 3.63) is 41.9 Å². The van der Waals surface area contributed by atoms with Crippen LogP contribution in [0, 0.1) is 11.3 Å². The molecule has 0 atom stereocenters. The second-order valence-corrected chi connectivity index (χ2v) is 2.43. The number of nitriles is 1. The van der Waals surface area contributed by atoms with Gasteiger partial charge in [0.1, 0.15) is 17.4 Å². The molecule has 4 nitrogen and oxygen atoms in total. The third-order valence-electron chi connectivity index (χ3n) is 1.45. The van der Waals surface area contributed by atoms with Crippen LogP contribution in [0.5, 0.6) is 0 Å². The van der Waals surface area contributed by atoms with E-state index in [0.717, 1.165) is 0 Å². The van der Waals surface area contributed by atoms with Gasteiger partial charge in [0.2, 0.25) is 0 Å². The number of hydrogen-bond acceptors (Lipinski definition) is 3. The molecule has 4 heteroatoms. The predicted octanol–water partition coefficient (Wildman–Crippen LogP) is 1.23. The number of primary amides is 1. The van der Waals surface area contributed by atoms with Gasteiger partial charge in [0.05, 0.1) is 6.26 Å². The molecular weight excluding hydrogens is 180 g/mol. The lowest BCUT2D eigenvalue weighted by Gasteiger charge is -1.85. The SMILES string of the molecule is N#C/C(=C/C=C/c1ccco1)C(N)=O. The lowest BCUT2D eigenvalue weighted by Crippen LogP contribution is -2.12. The van der Waals surface area contributed by atoms with Crippen LogP contribution in [0.1, 0.15) is 5.76 Å². The minimum Gasteiger partial charge on any atom is -0.465 e. The molecule has 2 N–H and O–H groups in total. The minimum atomic E-state index is -0.739. The Morgan fingerprint density at radius 2 is 2.43 bits per heavy atom. The molecule has 0 saturated heterocycles. The van der Waals surface area contributed by atoms with Crippen molar-refractivity contribution in [2.45, 2.75) is 0 Å². The van der Waals surface area contributed by atoms with Crippen molar-refractivity contribution < 1.29 is 9.21 Å². The highest BCUT2D eigenvalue weighted by atomic mass is 16.3. The van der Waals surface area contributed by atoms with Crippen LogP contribution in [-0.2, 0) is 4.79 Å². The largest absolute Gasteiger partial charge is 0.465 e. The number of allylic oxidation sites excluding steroid dienone is 2. The van der Waals surface area contributed by atoms with Gasteiger partial charge in [-0.3, -0.25) is 4.79 Å². The summed E-state index contributed by atoms with van der Waals surface area (Å²) in [6.45, 7) is 0. The minimum absolute atomic E-state index is 0.0900. The average Bonchev–Trinajstić information content (AvgIpc) is 2.64. The van der Waals surface area contributed by atoms with Gasteiger partial charge in [-0.15, -0.1) is 0 Å². The summed E-state index contributed by atoms with van der Waals surface area (Å²) in [5.74, 6) is -0.0976. The first-order chi connectivity index (χ1) is 6.74. The molecule has 70 valence electrons. The maximum atomic E-state index is 10.6. The quantitative estimate of drug-likeness (QED) is 0.440. The lowest BCUT2D eigenvalue weighted by atomic mass is 10.2. The van der Waals surface area contributed by atoms with Gasteiger partial charge in [-0.25, -0.2) is 0 Å². The summed E-state index contributed by atoms with van der Waals surface area (Å²) in [6, 6.07) is 5.18. The molecule has 0 aliphatic carbocycles. The molecule has 14 heavy (non-hydrogen) atoms. The first-order valence-electron chi connectivity index (χ1n) is 3.86. The zero-order valence-corrected chi connectivity index (χ0v) is 7.31. The molecule has 1 aromatic rings. The van der Waals surface area contributed by atoms with Crippen LogP contribution >= 0.6 is 0 Å². The number of nitrogens with zero attached hydrogens (tertiary/aromatic N) is 1. The van der Waals surface area contributed by atoms with Crippen LogP contribution in [-0.4, -0.2) is 5.91 Å². The first kappa shape index (κ1) is 9.81. The van der Waals surface area contributed by atoms with Gasteiger partial charge in [-0.2, -0.15) is 5.26 Å². The Morgan fingerprint density at radius 3 is 2.93 bits per heavy atom. The molecular formula is C10H8N2O2. The van der Waals surface area contributed by atoms with E-state index in [1.807, 2.05) is 0 Å². The van der Waals surface area contributed by atoms with E-state index >= 15 is 0 Å². The van der Waals surface area contributed by atoms with Gasteiger partial charge >= 0.3 is 0 Å². The molecule has 0 aliphatic rings. The molecule has 0 aromatic carbocycles. The number of nitrogens with two attached hydrogens (primary N) is 1. The van der Waals surface area contributed by atoms with Gasteiger partial charge in [-0.1, -0.05) is 6.08 Å². The van der Waals surface area contributed by atoms with Crippen LogP contribution in [0.4, 0.5) is 0 Å². The van der Waals surface area contributed by atoms with Crippen LogP contribution in [0.15, 0.2) is 40.5 Å². The normalized spacial score (nSPS) is 11.5. The fourth-order valence-corrected chi connectivity index (χ4v) is 0.800. The maximum Gasteiger partial charge on any atom is 0.259 e. The zero-order valence-electron chi connectivity index (χ0n) is 7.31. The number of hydrogen-bond donors (Lipinski definition) is 1. The molecule has 0 saturated carbocycles. The van der Waals surface area contributed by atoms with Gasteiger partial charge in [0, 0.05) is 0 Å². The topological polar surface area (TPSA) is 80.0 Å². The second-order valence-electron chi connectivity index (χ2n) is 2.43. The first-order valence-corrected chi connectivity index (χ1v) is 3.86. The monoisotopic (exact) mass is 188 g/mol. The molecule has 1 aromatic heterocycles. The molecule has 0 aliphatic heterocycles. The van der Waals surface area contributed by atoms with E-state index in [9.17, 15) is 4.79 Å². The summed E-state index contributed by atoms with van der Waals surface area (Å²) in [6.07, 6.45) is 6.02. The van der Waals surface area contributed by atoms with E-state index in [-0.39, 0.29) is 5.57 Å². The summed E-state index contributed by atoms with van der Waals surface area (Å²) >= 11 is 0. The Balaban J connectivity index is 2.71. The van der Waals surface area contributed by atoms with Crippen molar-refractivity contribution in [3.63, 3.8) is 0 Å². The molecule has 1 rings (SSSR count). The molecule has 0 bridgehead atoms. The summed E-state index contributed by atoms with van der Waals surface area (Å²) in [5, 5.41) is 8.48. The standard InChI is InChI=1S/C10H8N2O2/c11-7-8(10(12)13)3-1-4-9-5-2-6-14-9/h1-6H,(H2,12,13)/b4-1+,8-3-. The van der Waals surface area contributed by atoms with Gasteiger partial charge < -0.3 is 10.2 Å². The molecule has 0 spiro atoms. The van der Waals surface area contributed by atoms with Gasteiger partial charge in [0.25, 0.3) is 5.91 Å². The van der Waals surface area contributed by atoms with Crippen LogP contribution in [0.2, 0.25) is 0 Å². The highest BCUT2D eigenvalue weighted by molar-refractivity contribution is 5.96. The highest BCUT2D eigenvalue weighted by Crippen LogP contribution is 2.02. The molecule has 0 fully saturated rings. The fraction of sp³-hybridized carbons (Fsp3) is 0. The van der Waals surface area contributed by atoms with Crippen molar-refractivity contribution in [2.75, 3.05) is 0 Å². The van der Waals surface area contributed by atoms with Gasteiger partial charge in [0.15, 0.2) is 0 Å². The summed E-state index contributed by atoms with van der Waals surface area (Å²) in [7, 11) is 0. The van der Waals surface area contributed by atoms with E-state index in [1.54, 1.807) is 24.3 Å². The number of carbonyl (C=O) groups excluding carboxylic acids is 1. The Morgan fingerprint density at radius 1 is 1.64 bits per heavy atom. The highest BCUT2D eigenvalue weighted by Gasteiger charge is 1.99. The second kappa shape index (κ2) is 4.67. The summed E-state index contributed by atoms with van der Waals surface area (Å²) in [4.78, 5) is 10.6. The van der Waals surface area contributed by atoms with E-state index in [4.69, 9.17) is 15.4 Å². The van der Waals surface area contributed by atoms with Crippen LogP contribution in [0.25, 0.3) is 6.08 Å². The average molecular weight is 188 g/mol. The molecule has 0 radical (unpaired) electrons. The van der Waals surface area contributed by atoms with Crippen molar-refractivity contribution in [2.24, 2.45) is 5.73 Å². The Bertz CT molecular complexity index is 408. The van der Waals surface area contributed by atoms with Crippen LogP contribution in [0.3, 0.4) is 0 Å². The lowest BCUT2D eigenvalue weighted by molar-refractivity contribution is -0.114. The number of carbonyl (C=O) groups is 1. The summed E-state index contributed by atoms with van der Waals surface area (Å²) < 4.78 is 4.99. The third kappa shape index (κ3) is 2.64. The maximum absolute atomic E-state index is 10.6. The van der Waals surface area contributed by atoms with E-state index in [1.165, 1.54) is 18.4 Å². The predicted molar refractivity (Wildman–Crippen MR) is 50.6 cm³/mol. The summed E-state index contributed by atoms with van der Waals surface area (Å²) in [5.41, 5.74) is 4.83. The number of furan rings is 1. The van der Waals surface area contributed by atoms with Crippen LogP contribution < -0.4 is 5.73 Å². The van der Waals surface area contributed by atoms with E-state index in [0.29, 0.717) is 5.76 Å². The molecule has 1 heterocycles. The Labute approximate surface area is 80.9 Å². The Kier molecular flexibility index (Phi) is 3.27. The van der Waals surface area contributed by atoms with E-state index < -0.39 is 5.91 Å². The zero-order chi connectivity index (χ0) is 10.4. The fourth-order valence-electron chi connectivity index (χ4n) is 0.800. The molecule has 0 unspecified atom stereocenters. The third-order valence-corrected chi connectivity index (χ3v) is 1.45.